The second-order valence-corrected chi connectivity index (χ2v) is 6.33. The highest BCUT2D eigenvalue weighted by molar-refractivity contribution is 6.76. The highest BCUT2D eigenvalue weighted by Gasteiger charge is 2.28. The third-order valence-corrected chi connectivity index (χ3v) is 3.00. The topological polar surface area (TPSA) is 51.5 Å². The molecule has 0 aromatic heterocycles. The zero-order valence-electron chi connectivity index (χ0n) is 10.1. The molecule has 4 nitrogen and oxygen atoms in total. The lowest BCUT2D eigenvalue weighted by Crippen LogP contribution is -2.23. The van der Waals surface area contributed by atoms with Crippen LogP contribution in [0.4, 0.5) is 0 Å². The van der Waals surface area contributed by atoms with Crippen molar-refractivity contribution in [1.29, 1.82) is 5.41 Å². The van der Waals surface area contributed by atoms with Crippen molar-refractivity contribution in [2.24, 2.45) is 0 Å². The molecular formula is C11H18Cl3NO3. The SMILES string of the molecule is N=C(OCCCCOC1CCCCO1)C(Cl)(Cl)Cl. The van der Waals surface area contributed by atoms with Gasteiger partial charge >= 0.3 is 0 Å². The number of alkyl halides is 3. The fraction of sp³-hybridized carbons (Fsp3) is 0.909. The van der Waals surface area contributed by atoms with E-state index in [2.05, 4.69) is 0 Å². The molecule has 1 N–H and O–H groups in total. The maximum Gasteiger partial charge on any atom is 0.265 e. The lowest BCUT2D eigenvalue weighted by atomic mass is 10.2. The van der Waals surface area contributed by atoms with Crippen LogP contribution in [0.2, 0.25) is 0 Å². The molecule has 1 fully saturated rings. The maximum atomic E-state index is 7.31. The Balaban J connectivity index is 1.94. The third-order valence-electron chi connectivity index (χ3n) is 2.48. The number of hydrogen-bond donors (Lipinski definition) is 1. The number of rotatable bonds is 6. The average molecular weight is 319 g/mol. The van der Waals surface area contributed by atoms with Crippen LogP contribution < -0.4 is 0 Å². The van der Waals surface area contributed by atoms with E-state index in [0.29, 0.717) is 13.2 Å². The van der Waals surface area contributed by atoms with Crippen LogP contribution in [0.3, 0.4) is 0 Å². The lowest BCUT2D eigenvalue weighted by molar-refractivity contribution is -0.163. The van der Waals surface area contributed by atoms with E-state index in [4.69, 9.17) is 54.4 Å². The molecule has 1 saturated heterocycles. The van der Waals surface area contributed by atoms with E-state index in [0.717, 1.165) is 38.7 Å². The number of unbranched alkanes of at least 4 members (excludes halogenated alkanes) is 1. The first-order chi connectivity index (χ1) is 8.50. The third kappa shape index (κ3) is 7.00. The van der Waals surface area contributed by atoms with Crippen LogP contribution in [-0.4, -0.2) is 35.8 Å². The summed E-state index contributed by atoms with van der Waals surface area (Å²) in [5.41, 5.74) is 0. The van der Waals surface area contributed by atoms with Gasteiger partial charge in [0, 0.05) is 13.2 Å². The van der Waals surface area contributed by atoms with Gasteiger partial charge in [0.1, 0.15) is 0 Å². The van der Waals surface area contributed by atoms with E-state index in [1.807, 2.05) is 0 Å². The van der Waals surface area contributed by atoms with Gasteiger partial charge in [0.05, 0.1) is 6.61 Å². The standard InChI is InChI=1S/C11H18Cl3NO3/c12-11(13,14)10(15)18-8-4-3-7-17-9-5-1-2-6-16-9/h9,15H,1-8H2. The van der Waals surface area contributed by atoms with E-state index in [9.17, 15) is 0 Å². The van der Waals surface area contributed by atoms with E-state index in [1.165, 1.54) is 0 Å². The molecule has 0 spiro atoms. The van der Waals surface area contributed by atoms with Crippen molar-refractivity contribution in [3.8, 4) is 0 Å². The normalized spacial score (nSPS) is 20.7. The van der Waals surface area contributed by atoms with Gasteiger partial charge in [0.15, 0.2) is 6.29 Å². The molecule has 0 saturated carbocycles. The summed E-state index contributed by atoms with van der Waals surface area (Å²) in [6.45, 7) is 1.75. The number of ether oxygens (including phenoxy) is 3. The van der Waals surface area contributed by atoms with Crippen molar-refractivity contribution in [3.63, 3.8) is 0 Å². The molecule has 0 aromatic carbocycles. The number of hydrogen-bond acceptors (Lipinski definition) is 4. The minimum absolute atomic E-state index is 0.0563. The largest absolute Gasteiger partial charge is 0.478 e. The monoisotopic (exact) mass is 317 g/mol. The van der Waals surface area contributed by atoms with Crippen molar-refractivity contribution in [1.82, 2.24) is 0 Å². The van der Waals surface area contributed by atoms with Crippen LogP contribution in [0.15, 0.2) is 0 Å². The summed E-state index contributed by atoms with van der Waals surface area (Å²) in [7, 11) is 0. The molecule has 1 aliphatic heterocycles. The van der Waals surface area contributed by atoms with E-state index in [1.54, 1.807) is 0 Å². The second-order valence-electron chi connectivity index (χ2n) is 4.05. The fourth-order valence-corrected chi connectivity index (χ4v) is 1.68. The highest BCUT2D eigenvalue weighted by Crippen LogP contribution is 2.27. The second kappa shape index (κ2) is 8.43. The predicted octanol–water partition coefficient (Wildman–Crippen LogP) is 3.67. The summed E-state index contributed by atoms with van der Waals surface area (Å²) in [6, 6.07) is 0. The van der Waals surface area contributed by atoms with Gasteiger partial charge in [-0.3, -0.25) is 5.41 Å². The van der Waals surface area contributed by atoms with Gasteiger partial charge in [-0.2, -0.15) is 0 Å². The summed E-state index contributed by atoms with van der Waals surface area (Å²) in [5, 5.41) is 7.31. The fourth-order valence-electron chi connectivity index (χ4n) is 1.52. The summed E-state index contributed by atoms with van der Waals surface area (Å²) < 4.78 is 14.2. The molecular weight excluding hydrogens is 300 g/mol. The van der Waals surface area contributed by atoms with Crippen molar-refractivity contribution in [3.05, 3.63) is 0 Å². The van der Waals surface area contributed by atoms with Gasteiger partial charge in [-0.25, -0.2) is 0 Å². The lowest BCUT2D eigenvalue weighted by Gasteiger charge is -2.22. The predicted molar refractivity (Wildman–Crippen MR) is 72.7 cm³/mol. The highest BCUT2D eigenvalue weighted by atomic mass is 35.6. The zero-order valence-corrected chi connectivity index (χ0v) is 12.4. The Morgan fingerprint density at radius 2 is 1.94 bits per heavy atom. The van der Waals surface area contributed by atoms with Crippen molar-refractivity contribution < 1.29 is 14.2 Å². The molecule has 1 unspecified atom stereocenters. The van der Waals surface area contributed by atoms with Gasteiger partial charge in [-0.05, 0) is 32.1 Å². The van der Waals surface area contributed by atoms with E-state index in [-0.39, 0.29) is 12.2 Å². The molecule has 0 aliphatic carbocycles. The number of nitrogens with one attached hydrogen (secondary N) is 1. The first kappa shape index (κ1) is 16.3. The van der Waals surface area contributed by atoms with Gasteiger partial charge in [-0.1, -0.05) is 34.8 Å². The molecule has 0 radical (unpaired) electrons. The smallest absolute Gasteiger partial charge is 0.265 e. The molecule has 0 bridgehead atoms. The van der Waals surface area contributed by atoms with Gasteiger partial charge in [-0.15, -0.1) is 0 Å². The van der Waals surface area contributed by atoms with Crippen LogP contribution >= 0.6 is 34.8 Å². The van der Waals surface area contributed by atoms with Crippen LogP contribution in [-0.2, 0) is 14.2 Å². The molecule has 18 heavy (non-hydrogen) atoms. The van der Waals surface area contributed by atoms with Gasteiger partial charge in [0.25, 0.3) is 3.79 Å². The van der Waals surface area contributed by atoms with Crippen molar-refractivity contribution in [2.75, 3.05) is 19.8 Å². The molecule has 1 aliphatic rings. The van der Waals surface area contributed by atoms with E-state index >= 15 is 0 Å². The Morgan fingerprint density at radius 3 is 2.56 bits per heavy atom. The Morgan fingerprint density at radius 1 is 1.22 bits per heavy atom. The molecule has 0 amide bonds. The molecule has 7 heteroatoms. The molecule has 1 heterocycles. The zero-order chi connectivity index (χ0) is 13.4. The Kier molecular flexibility index (Phi) is 7.64. The summed E-state index contributed by atoms with van der Waals surface area (Å²) >= 11 is 16.4. The Bertz CT molecular complexity index is 252. The van der Waals surface area contributed by atoms with Crippen LogP contribution in [0.25, 0.3) is 0 Å². The van der Waals surface area contributed by atoms with Crippen LogP contribution in [0.5, 0.6) is 0 Å². The van der Waals surface area contributed by atoms with Crippen LogP contribution in [0.1, 0.15) is 32.1 Å². The minimum atomic E-state index is -1.77. The van der Waals surface area contributed by atoms with Gasteiger partial charge in [0.2, 0.25) is 5.90 Å². The van der Waals surface area contributed by atoms with Crippen molar-refractivity contribution >= 4 is 40.7 Å². The Labute approximate surface area is 122 Å². The molecule has 1 atom stereocenters. The van der Waals surface area contributed by atoms with E-state index < -0.39 is 3.79 Å². The summed E-state index contributed by atoms with van der Waals surface area (Å²) in [6.07, 6.45) is 4.76. The first-order valence-electron chi connectivity index (χ1n) is 6.02. The van der Waals surface area contributed by atoms with Crippen LogP contribution in [0, 0.1) is 5.41 Å². The summed E-state index contributed by atoms with van der Waals surface area (Å²) in [4.78, 5) is 0. The molecule has 106 valence electrons. The Hall–Kier alpha value is 0.260. The molecule has 1 rings (SSSR count). The molecule has 0 aromatic rings. The first-order valence-corrected chi connectivity index (χ1v) is 7.15. The average Bonchev–Trinajstić information content (AvgIpc) is 2.33. The van der Waals surface area contributed by atoms with Crippen molar-refractivity contribution in [2.45, 2.75) is 42.2 Å². The quantitative estimate of drug-likeness (QED) is 0.352. The summed E-state index contributed by atoms with van der Waals surface area (Å²) in [5.74, 6) is -0.343. The number of halogens is 3. The minimum Gasteiger partial charge on any atom is -0.478 e. The van der Waals surface area contributed by atoms with Gasteiger partial charge < -0.3 is 14.2 Å². The maximum absolute atomic E-state index is 7.31.